The van der Waals surface area contributed by atoms with E-state index in [9.17, 15) is 19.2 Å². The van der Waals surface area contributed by atoms with Crippen LogP contribution in [0.25, 0.3) is 33.4 Å². The molecule has 4 atom stereocenters. The highest BCUT2D eigenvalue weighted by molar-refractivity contribution is 7.10. The molecule has 6 bridgehead atoms. The summed E-state index contributed by atoms with van der Waals surface area (Å²) < 4.78 is 25.1. The van der Waals surface area contributed by atoms with E-state index in [4.69, 9.17) is 28.9 Å². The van der Waals surface area contributed by atoms with E-state index in [1.807, 2.05) is 32.2 Å². The van der Waals surface area contributed by atoms with Gasteiger partial charge in [0.25, 0.3) is 5.91 Å². The first kappa shape index (κ1) is 47.0. The third kappa shape index (κ3) is 9.27. The van der Waals surface area contributed by atoms with Crippen LogP contribution in [0.3, 0.4) is 0 Å². The van der Waals surface area contributed by atoms with Crippen LogP contribution in [-0.4, -0.2) is 138 Å². The zero-order chi connectivity index (χ0) is 46.1. The summed E-state index contributed by atoms with van der Waals surface area (Å²) in [6.07, 6.45) is 3.22. The van der Waals surface area contributed by atoms with Gasteiger partial charge in [-0.1, -0.05) is 33.8 Å². The molecule has 4 amide bonds. The van der Waals surface area contributed by atoms with Crippen molar-refractivity contribution in [1.29, 1.82) is 0 Å². The zero-order valence-corrected chi connectivity index (χ0v) is 39.7. The van der Waals surface area contributed by atoms with Crippen LogP contribution in [0.15, 0.2) is 41.9 Å². The number of fused-ring (bicyclic) bond motifs is 6. The largest absolute Gasteiger partial charge is 0.464 e. The van der Waals surface area contributed by atoms with E-state index in [1.165, 1.54) is 21.2 Å². The maximum absolute atomic E-state index is 14.6. The lowest BCUT2D eigenvalue weighted by Gasteiger charge is -2.49. The van der Waals surface area contributed by atoms with Crippen LogP contribution in [0, 0.1) is 11.3 Å². The van der Waals surface area contributed by atoms with Crippen LogP contribution in [0.5, 0.6) is 0 Å². The number of hydrazine groups is 1. The average Bonchev–Trinajstić information content (AvgIpc) is 3.86. The SMILES string of the molecule is CCn1c(-c2cccnc2[C@H](C)OC)c2c3cc(ccc31)-c1csc(n1)C[C@H](NC(=O)C(C(C)C)N(C)C(=O)N(C)C1(COC)COC1)C(=O)N1CCC[C@H](N1)C(=O)OCC(C)(C)C2. The molecule has 346 valence electrons. The molecular weight excluding hydrogens is 837 g/mol. The molecule has 64 heavy (non-hydrogen) atoms. The summed E-state index contributed by atoms with van der Waals surface area (Å²) in [6.45, 7) is 14.1. The molecule has 6 heterocycles. The third-order valence-electron chi connectivity index (χ3n) is 12.9. The fraction of sp³-hybridized carbons (Fsp3) is 0.574. The summed E-state index contributed by atoms with van der Waals surface area (Å²) in [7, 11) is 6.55. The van der Waals surface area contributed by atoms with E-state index in [1.54, 1.807) is 39.4 Å². The minimum Gasteiger partial charge on any atom is -0.464 e. The summed E-state index contributed by atoms with van der Waals surface area (Å²) in [5.41, 5.74) is 8.65. The Morgan fingerprint density at radius 1 is 1.11 bits per heavy atom. The normalized spacial score (nSPS) is 20.8. The Balaban J connectivity index is 1.28. The number of methoxy groups -OCH3 is 2. The van der Waals surface area contributed by atoms with Crippen molar-refractivity contribution in [3.05, 3.63) is 58.2 Å². The minimum absolute atomic E-state index is 0.0821. The second kappa shape index (κ2) is 19.3. The first-order chi connectivity index (χ1) is 30.5. The van der Waals surface area contributed by atoms with Crippen molar-refractivity contribution >= 4 is 46.1 Å². The van der Waals surface area contributed by atoms with Gasteiger partial charge in [-0.2, -0.15) is 0 Å². The van der Waals surface area contributed by atoms with Gasteiger partial charge in [0.15, 0.2) is 0 Å². The first-order valence-electron chi connectivity index (χ1n) is 22.2. The van der Waals surface area contributed by atoms with Gasteiger partial charge in [-0.05, 0) is 68.9 Å². The molecule has 3 aromatic heterocycles. The molecule has 2 N–H and O–H groups in total. The van der Waals surface area contributed by atoms with E-state index in [0.717, 1.165) is 44.7 Å². The molecule has 1 aromatic carbocycles. The van der Waals surface area contributed by atoms with Gasteiger partial charge in [0.05, 0.1) is 54.6 Å². The summed E-state index contributed by atoms with van der Waals surface area (Å²) in [5.74, 6) is -1.67. The summed E-state index contributed by atoms with van der Waals surface area (Å²) >= 11 is 1.41. The number of nitrogens with one attached hydrogen (secondary N) is 2. The van der Waals surface area contributed by atoms with Crippen LogP contribution in [-0.2, 0) is 52.7 Å². The first-order valence-corrected chi connectivity index (χ1v) is 23.1. The van der Waals surface area contributed by atoms with Crippen LogP contribution < -0.4 is 10.7 Å². The van der Waals surface area contributed by atoms with Crippen molar-refractivity contribution in [1.82, 2.24) is 40.1 Å². The Bertz CT molecular complexity index is 2360. The summed E-state index contributed by atoms with van der Waals surface area (Å²) in [6, 6.07) is 7.27. The van der Waals surface area contributed by atoms with Crippen molar-refractivity contribution in [3.8, 4) is 22.5 Å². The standard InChI is InChI=1S/C47H64N8O8S/c1-11-54-37-17-16-30-20-32(37)33(41(54)31-14-12-18-48-39(31)29(4)61-10)22-46(5,6)24-63-44(58)34-15-13-19-55(51-34)43(57)35(21-38-49-36(30)23-64-38)50-42(56)40(28(2)3)52(7)45(59)53(8)47(25-60-9)26-62-27-47/h12,14,16-18,20,23,28-29,34-35,40,51H,11,13,15,19,21-22,24-27H2,1-10H3,(H,50,56)/t29-,34-,35-,40?/m0/s1. The van der Waals surface area contributed by atoms with Gasteiger partial charge in [0, 0.05) is 86.8 Å². The number of carbonyl (C=O) groups is 4. The molecule has 1 unspecified atom stereocenters. The van der Waals surface area contributed by atoms with E-state index in [2.05, 4.69) is 60.3 Å². The van der Waals surface area contributed by atoms with Crippen molar-refractivity contribution in [2.75, 3.05) is 61.3 Å². The summed E-state index contributed by atoms with van der Waals surface area (Å²) in [5, 5.41) is 8.13. The number of carbonyl (C=O) groups excluding carboxylic acids is 4. The Hall–Kier alpha value is -4.94. The van der Waals surface area contributed by atoms with Gasteiger partial charge in [-0.15, -0.1) is 11.3 Å². The van der Waals surface area contributed by atoms with E-state index in [-0.39, 0.29) is 37.7 Å². The average molecular weight is 901 g/mol. The number of ether oxygens (including phenoxy) is 4. The van der Waals surface area contributed by atoms with Crippen molar-refractivity contribution < 1.29 is 38.1 Å². The topological polar surface area (TPSA) is 170 Å². The quantitative estimate of drug-likeness (QED) is 0.179. The number of hydrogen-bond acceptors (Lipinski definition) is 12. The van der Waals surface area contributed by atoms with Crippen molar-refractivity contribution in [2.24, 2.45) is 11.3 Å². The number of thiazole rings is 1. The molecule has 2 saturated heterocycles. The maximum atomic E-state index is 14.6. The molecule has 17 heteroatoms. The molecule has 4 aromatic rings. The number of nitrogens with zero attached hydrogens (tertiary/aromatic N) is 6. The zero-order valence-electron chi connectivity index (χ0n) is 38.9. The molecule has 0 spiro atoms. The molecule has 3 aliphatic heterocycles. The lowest BCUT2D eigenvalue weighted by atomic mass is 9.84. The number of likely N-dealkylation sites (N-methyl/N-ethyl adjacent to an activating group) is 2. The Morgan fingerprint density at radius 3 is 2.55 bits per heavy atom. The van der Waals surface area contributed by atoms with Gasteiger partial charge in [-0.25, -0.2) is 15.2 Å². The number of aryl methyl sites for hydroxylation is 1. The highest BCUT2D eigenvalue weighted by Gasteiger charge is 2.47. The molecule has 2 fully saturated rings. The second-order valence-electron chi connectivity index (χ2n) is 18.6. The Labute approximate surface area is 379 Å². The number of urea groups is 1. The second-order valence-corrected chi connectivity index (χ2v) is 19.5. The van der Waals surface area contributed by atoms with Crippen LogP contribution in [0.2, 0.25) is 0 Å². The molecule has 3 aliphatic rings. The smallest absolute Gasteiger partial charge is 0.324 e. The fourth-order valence-corrected chi connectivity index (χ4v) is 10.1. The van der Waals surface area contributed by atoms with Gasteiger partial charge in [0.1, 0.15) is 23.7 Å². The molecule has 16 nitrogen and oxygen atoms in total. The maximum Gasteiger partial charge on any atom is 0.324 e. The highest BCUT2D eigenvalue weighted by atomic mass is 32.1. The van der Waals surface area contributed by atoms with Gasteiger partial charge < -0.3 is 38.6 Å². The highest BCUT2D eigenvalue weighted by Crippen LogP contribution is 2.42. The number of rotatable bonds is 11. The van der Waals surface area contributed by atoms with Crippen LogP contribution >= 0.6 is 11.3 Å². The number of cyclic esters (lactones) is 1. The molecule has 0 radical (unpaired) electrons. The summed E-state index contributed by atoms with van der Waals surface area (Å²) in [4.78, 5) is 69.8. The molecule has 0 saturated carbocycles. The fourth-order valence-electron chi connectivity index (χ4n) is 9.29. The Morgan fingerprint density at radius 2 is 1.88 bits per heavy atom. The number of amides is 4. The number of pyridine rings is 1. The Kier molecular flexibility index (Phi) is 14.2. The van der Waals surface area contributed by atoms with E-state index < -0.39 is 46.9 Å². The lowest BCUT2D eigenvalue weighted by Crippen LogP contribution is -2.68. The molecular formula is C47H64N8O8S. The monoisotopic (exact) mass is 900 g/mol. The number of benzene rings is 1. The van der Waals surface area contributed by atoms with Gasteiger partial charge >= 0.3 is 12.0 Å². The number of aromatic nitrogens is 3. The lowest BCUT2D eigenvalue weighted by molar-refractivity contribution is -0.155. The molecule has 7 rings (SSSR count). The van der Waals surface area contributed by atoms with Gasteiger partial charge in [-0.3, -0.25) is 24.4 Å². The van der Waals surface area contributed by atoms with E-state index in [0.29, 0.717) is 50.6 Å². The van der Waals surface area contributed by atoms with E-state index >= 15 is 0 Å². The number of esters is 1. The predicted molar refractivity (Wildman–Crippen MR) is 244 cm³/mol. The van der Waals surface area contributed by atoms with Crippen molar-refractivity contribution in [3.63, 3.8) is 0 Å². The van der Waals surface area contributed by atoms with Crippen LogP contribution in [0.1, 0.15) is 76.8 Å². The molecule has 0 aliphatic carbocycles. The van der Waals surface area contributed by atoms with Crippen molar-refractivity contribution in [2.45, 2.75) is 104 Å². The van der Waals surface area contributed by atoms with Gasteiger partial charge in [0.2, 0.25) is 5.91 Å². The predicted octanol–water partition coefficient (Wildman–Crippen LogP) is 5.63. The third-order valence-corrected chi connectivity index (χ3v) is 13.8. The van der Waals surface area contributed by atoms with Crippen LogP contribution in [0.4, 0.5) is 4.79 Å². The number of hydrogen-bond donors (Lipinski definition) is 2. The minimum atomic E-state index is -1.08.